The van der Waals surface area contributed by atoms with Crippen molar-refractivity contribution in [2.45, 2.75) is 59.3 Å². The van der Waals surface area contributed by atoms with E-state index in [4.69, 9.17) is 0 Å². The van der Waals surface area contributed by atoms with Crippen LogP contribution in [0.2, 0.25) is 0 Å². The second kappa shape index (κ2) is 4.75. The molecule has 0 spiro atoms. The van der Waals surface area contributed by atoms with Crippen molar-refractivity contribution in [2.75, 3.05) is 5.32 Å². The number of hydrogen-bond donors (Lipinski definition) is 1. The SMILES string of the molecule is CC(=O)Nc1c(C(C)(C)C)cccc1C(C)(C)C. The van der Waals surface area contributed by atoms with Crippen LogP contribution in [0.15, 0.2) is 18.2 Å². The summed E-state index contributed by atoms with van der Waals surface area (Å²) in [6, 6.07) is 6.27. The van der Waals surface area contributed by atoms with Gasteiger partial charge >= 0.3 is 0 Å². The van der Waals surface area contributed by atoms with Gasteiger partial charge in [0.1, 0.15) is 0 Å². The van der Waals surface area contributed by atoms with Gasteiger partial charge in [-0.3, -0.25) is 4.79 Å². The molecule has 0 saturated carbocycles. The molecule has 0 saturated heterocycles. The molecule has 2 nitrogen and oxygen atoms in total. The van der Waals surface area contributed by atoms with Crippen LogP contribution in [0.25, 0.3) is 0 Å². The number of para-hydroxylation sites is 1. The molecule has 1 aromatic carbocycles. The van der Waals surface area contributed by atoms with E-state index >= 15 is 0 Å². The second-order valence-corrected chi connectivity index (χ2v) is 6.91. The summed E-state index contributed by atoms with van der Waals surface area (Å²) in [6.45, 7) is 14.6. The third-order valence-corrected chi connectivity index (χ3v) is 2.98. The van der Waals surface area contributed by atoms with Gasteiger partial charge < -0.3 is 5.32 Å². The van der Waals surface area contributed by atoms with Crippen LogP contribution in [-0.4, -0.2) is 5.91 Å². The zero-order valence-electron chi connectivity index (χ0n) is 12.6. The van der Waals surface area contributed by atoms with Crippen molar-refractivity contribution >= 4 is 11.6 Å². The Bertz CT molecular complexity index is 415. The molecule has 1 rings (SSSR count). The lowest BCUT2D eigenvalue weighted by Gasteiger charge is -2.29. The average molecular weight is 247 g/mol. The quantitative estimate of drug-likeness (QED) is 0.790. The largest absolute Gasteiger partial charge is 0.326 e. The van der Waals surface area contributed by atoms with E-state index in [1.807, 2.05) is 0 Å². The Morgan fingerprint density at radius 2 is 1.33 bits per heavy atom. The third kappa shape index (κ3) is 3.34. The zero-order valence-corrected chi connectivity index (χ0v) is 12.6. The van der Waals surface area contributed by atoms with Gasteiger partial charge in [-0.1, -0.05) is 59.7 Å². The maximum absolute atomic E-state index is 11.5. The number of hydrogen-bond acceptors (Lipinski definition) is 1. The lowest BCUT2D eigenvalue weighted by Crippen LogP contribution is -2.22. The fourth-order valence-corrected chi connectivity index (χ4v) is 2.11. The van der Waals surface area contributed by atoms with Crippen molar-refractivity contribution in [3.8, 4) is 0 Å². The number of nitrogens with one attached hydrogen (secondary N) is 1. The van der Waals surface area contributed by atoms with E-state index in [2.05, 4.69) is 65.1 Å². The number of rotatable bonds is 1. The minimum Gasteiger partial charge on any atom is -0.326 e. The summed E-state index contributed by atoms with van der Waals surface area (Å²) in [5.41, 5.74) is 3.37. The Kier molecular flexibility index (Phi) is 3.89. The van der Waals surface area contributed by atoms with E-state index in [1.54, 1.807) is 6.92 Å². The Morgan fingerprint density at radius 3 is 1.61 bits per heavy atom. The summed E-state index contributed by atoms with van der Waals surface area (Å²) in [7, 11) is 0. The molecule has 0 aliphatic heterocycles. The summed E-state index contributed by atoms with van der Waals surface area (Å²) in [5, 5.41) is 3.02. The van der Waals surface area contributed by atoms with Crippen molar-refractivity contribution in [3.63, 3.8) is 0 Å². The van der Waals surface area contributed by atoms with Gasteiger partial charge in [-0.15, -0.1) is 0 Å². The standard InChI is InChI=1S/C16H25NO/c1-11(18)17-14-12(15(2,3)4)9-8-10-13(14)16(5,6)7/h8-10H,1-7H3,(H,17,18). The molecule has 2 heteroatoms. The first-order valence-electron chi connectivity index (χ1n) is 6.45. The van der Waals surface area contributed by atoms with Gasteiger partial charge in [-0.25, -0.2) is 0 Å². The van der Waals surface area contributed by atoms with Gasteiger partial charge in [0.2, 0.25) is 5.91 Å². The molecule has 0 aromatic heterocycles. The van der Waals surface area contributed by atoms with Gasteiger partial charge in [0.05, 0.1) is 0 Å². The summed E-state index contributed by atoms with van der Waals surface area (Å²) in [5.74, 6) is -0.0165. The van der Waals surface area contributed by atoms with Gasteiger partial charge in [-0.2, -0.15) is 0 Å². The van der Waals surface area contributed by atoms with E-state index in [-0.39, 0.29) is 16.7 Å². The predicted molar refractivity (Wildman–Crippen MR) is 78.1 cm³/mol. The van der Waals surface area contributed by atoms with Crippen molar-refractivity contribution in [1.82, 2.24) is 0 Å². The molecule has 0 unspecified atom stereocenters. The summed E-state index contributed by atoms with van der Waals surface area (Å²) >= 11 is 0. The first-order chi connectivity index (χ1) is 8.03. The van der Waals surface area contributed by atoms with Crippen LogP contribution < -0.4 is 5.32 Å². The molecule has 0 aliphatic carbocycles. The molecule has 0 aliphatic rings. The van der Waals surface area contributed by atoms with Crippen molar-refractivity contribution < 1.29 is 4.79 Å². The minimum absolute atomic E-state index is 0.0129. The first kappa shape index (κ1) is 14.7. The van der Waals surface area contributed by atoms with Crippen LogP contribution in [0.1, 0.15) is 59.6 Å². The number of anilines is 1. The topological polar surface area (TPSA) is 29.1 Å². The Labute approximate surface area is 111 Å². The highest BCUT2D eigenvalue weighted by Crippen LogP contribution is 2.37. The van der Waals surface area contributed by atoms with Crippen molar-refractivity contribution in [3.05, 3.63) is 29.3 Å². The van der Waals surface area contributed by atoms with Crippen molar-refractivity contribution in [1.29, 1.82) is 0 Å². The molecule has 1 N–H and O–H groups in total. The molecule has 0 radical (unpaired) electrons. The molecule has 1 amide bonds. The Morgan fingerprint density at radius 1 is 0.944 bits per heavy atom. The van der Waals surface area contributed by atoms with Crippen molar-refractivity contribution in [2.24, 2.45) is 0 Å². The Balaban J connectivity index is 3.50. The van der Waals surface area contributed by atoms with Gasteiger partial charge in [0, 0.05) is 12.6 Å². The number of amides is 1. The fraction of sp³-hybridized carbons (Fsp3) is 0.562. The fourth-order valence-electron chi connectivity index (χ4n) is 2.11. The van der Waals surface area contributed by atoms with Crippen LogP contribution >= 0.6 is 0 Å². The van der Waals surface area contributed by atoms with E-state index in [0.717, 1.165) is 5.69 Å². The van der Waals surface area contributed by atoms with Gasteiger partial charge in [0.15, 0.2) is 0 Å². The van der Waals surface area contributed by atoms with E-state index in [1.165, 1.54) is 11.1 Å². The van der Waals surface area contributed by atoms with Crippen LogP contribution in [0.3, 0.4) is 0 Å². The molecule has 0 atom stereocenters. The average Bonchev–Trinajstić information content (AvgIpc) is 2.13. The highest BCUT2D eigenvalue weighted by atomic mass is 16.1. The summed E-state index contributed by atoms with van der Waals surface area (Å²) in [6.07, 6.45) is 0. The maximum Gasteiger partial charge on any atom is 0.221 e. The monoisotopic (exact) mass is 247 g/mol. The normalized spacial score (nSPS) is 12.4. The van der Waals surface area contributed by atoms with E-state index in [9.17, 15) is 4.79 Å². The summed E-state index contributed by atoms with van der Waals surface area (Å²) < 4.78 is 0. The molecule has 0 bridgehead atoms. The molecule has 18 heavy (non-hydrogen) atoms. The molecular formula is C16H25NO. The van der Waals surface area contributed by atoms with Gasteiger partial charge in [-0.05, 0) is 22.0 Å². The molecule has 0 heterocycles. The zero-order chi connectivity index (χ0) is 14.1. The molecular weight excluding hydrogens is 222 g/mol. The lowest BCUT2D eigenvalue weighted by molar-refractivity contribution is -0.114. The highest BCUT2D eigenvalue weighted by Gasteiger charge is 2.25. The van der Waals surface area contributed by atoms with Crippen LogP contribution in [0.4, 0.5) is 5.69 Å². The third-order valence-electron chi connectivity index (χ3n) is 2.98. The van der Waals surface area contributed by atoms with E-state index in [0.29, 0.717) is 0 Å². The second-order valence-electron chi connectivity index (χ2n) is 6.91. The predicted octanol–water partition coefficient (Wildman–Crippen LogP) is 4.24. The van der Waals surface area contributed by atoms with Crippen LogP contribution in [-0.2, 0) is 15.6 Å². The van der Waals surface area contributed by atoms with Crippen LogP contribution in [0.5, 0.6) is 0 Å². The number of benzene rings is 1. The van der Waals surface area contributed by atoms with Gasteiger partial charge in [0.25, 0.3) is 0 Å². The van der Waals surface area contributed by atoms with Crippen LogP contribution in [0, 0.1) is 0 Å². The molecule has 100 valence electrons. The maximum atomic E-state index is 11.5. The van der Waals surface area contributed by atoms with E-state index < -0.39 is 0 Å². The minimum atomic E-state index is -0.0165. The first-order valence-corrected chi connectivity index (χ1v) is 6.45. The lowest BCUT2D eigenvalue weighted by atomic mass is 9.79. The highest BCUT2D eigenvalue weighted by molar-refractivity contribution is 5.91. The molecule has 1 aromatic rings. The number of carbonyl (C=O) groups is 1. The molecule has 0 fully saturated rings. The Hall–Kier alpha value is -1.31. The number of carbonyl (C=O) groups excluding carboxylic acids is 1. The smallest absolute Gasteiger partial charge is 0.221 e. The summed E-state index contributed by atoms with van der Waals surface area (Å²) in [4.78, 5) is 11.5.